The summed E-state index contributed by atoms with van der Waals surface area (Å²) < 4.78 is 0. The van der Waals surface area contributed by atoms with Gasteiger partial charge in [-0.25, -0.2) is 0 Å². The van der Waals surface area contributed by atoms with Crippen molar-refractivity contribution in [3.05, 3.63) is 25.3 Å². The van der Waals surface area contributed by atoms with Crippen LogP contribution in [0.5, 0.6) is 0 Å². The zero-order chi connectivity index (χ0) is 12.4. The molecule has 2 fully saturated rings. The fourth-order valence-electron chi connectivity index (χ4n) is 2.90. The van der Waals surface area contributed by atoms with E-state index in [4.69, 9.17) is 0 Å². The summed E-state index contributed by atoms with van der Waals surface area (Å²) in [6, 6.07) is 0. The summed E-state index contributed by atoms with van der Waals surface area (Å²) in [6.07, 6.45) is 3.85. The molecule has 2 bridgehead atoms. The third kappa shape index (κ3) is 2.40. The monoisotopic (exact) mass is 234 g/mol. The van der Waals surface area contributed by atoms with Crippen LogP contribution in [0.4, 0.5) is 0 Å². The second-order valence-electron chi connectivity index (χ2n) is 4.86. The first-order valence-corrected chi connectivity index (χ1v) is 5.96. The highest BCUT2D eigenvalue weighted by atomic mass is 16.2. The number of carbonyl (C=O) groups excluding carboxylic acids is 2. The van der Waals surface area contributed by atoms with Crippen LogP contribution in [0.1, 0.15) is 6.42 Å². The molecule has 0 aromatic heterocycles. The average molecular weight is 234 g/mol. The van der Waals surface area contributed by atoms with Gasteiger partial charge in [-0.15, -0.1) is 0 Å². The lowest BCUT2D eigenvalue weighted by atomic mass is 9.84. The maximum atomic E-state index is 11.6. The highest BCUT2D eigenvalue weighted by Gasteiger charge is 2.36. The van der Waals surface area contributed by atoms with Gasteiger partial charge in [-0.2, -0.15) is 0 Å². The van der Waals surface area contributed by atoms with E-state index in [0.29, 0.717) is 11.8 Å². The van der Waals surface area contributed by atoms with Gasteiger partial charge in [0, 0.05) is 26.2 Å². The molecule has 4 nitrogen and oxygen atoms in total. The molecule has 0 saturated carbocycles. The van der Waals surface area contributed by atoms with Gasteiger partial charge in [0.25, 0.3) is 0 Å². The SMILES string of the molecule is C=CC(=O)N1CC2CC(C1)CN(C(=O)C=C)C2. The lowest BCUT2D eigenvalue weighted by molar-refractivity contribution is -0.135. The molecule has 0 radical (unpaired) electrons. The standard InChI is InChI=1S/C13H18N2O2/c1-3-12(16)14-6-10-5-11(7-14)9-15(8-10)13(17)4-2/h3-4,10-11H,1-2,5-9H2. The number of hydrogen-bond donors (Lipinski definition) is 0. The molecule has 0 spiro atoms. The summed E-state index contributed by atoms with van der Waals surface area (Å²) in [5, 5.41) is 0. The van der Waals surface area contributed by atoms with E-state index in [9.17, 15) is 9.59 Å². The second kappa shape index (κ2) is 4.73. The van der Waals surface area contributed by atoms with Crippen molar-refractivity contribution in [2.45, 2.75) is 6.42 Å². The molecule has 2 rings (SSSR count). The van der Waals surface area contributed by atoms with Gasteiger partial charge in [-0.05, 0) is 30.4 Å². The molecule has 2 saturated heterocycles. The van der Waals surface area contributed by atoms with E-state index in [-0.39, 0.29) is 11.8 Å². The number of hydrogen-bond acceptors (Lipinski definition) is 2. The van der Waals surface area contributed by atoms with Gasteiger partial charge in [-0.3, -0.25) is 9.59 Å². The van der Waals surface area contributed by atoms with Crippen LogP contribution in [0.15, 0.2) is 25.3 Å². The smallest absolute Gasteiger partial charge is 0.245 e. The van der Waals surface area contributed by atoms with Crippen LogP contribution in [0, 0.1) is 11.8 Å². The van der Waals surface area contributed by atoms with Crippen molar-refractivity contribution < 1.29 is 9.59 Å². The summed E-state index contributed by atoms with van der Waals surface area (Å²) >= 11 is 0. The molecule has 0 aromatic carbocycles. The van der Waals surface area contributed by atoms with E-state index in [0.717, 1.165) is 32.6 Å². The normalized spacial score (nSPS) is 27.5. The van der Waals surface area contributed by atoms with Crippen molar-refractivity contribution in [3.63, 3.8) is 0 Å². The summed E-state index contributed by atoms with van der Waals surface area (Å²) in [5.41, 5.74) is 0. The van der Waals surface area contributed by atoms with E-state index >= 15 is 0 Å². The molecule has 2 aliphatic rings. The zero-order valence-electron chi connectivity index (χ0n) is 9.97. The van der Waals surface area contributed by atoms with Gasteiger partial charge < -0.3 is 9.80 Å². The first kappa shape index (κ1) is 11.9. The number of nitrogens with zero attached hydrogens (tertiary/aromatic N) is 2. The Morgan fingerprint density at radius 3 is 1.53 bits per heavy atom. The zero-order valence-corrected chi connectivity index (χ0v) is 9.97. The maximum Gasteiger partial charge on any atom is 0.245 e. The van der Waals surface area contributed by atoms with Crippen molar-refractivity contribution in [2.75, 3.05) is 26.2 Å². The topological polar surface area (TPSA) is 40.6 Å². The third-order valence-corrected chi connectivity index (χ3v) is 3.55. The van der Waals surface area contributed by atoms with Crippen molar-refractivity contribution in [1.82, 2.24) is 9.80 Å². The lowest BCUT2D eigenvalue weighted by Crippen LogP contribution is -2.54. The number of piperidine rings is 2. The van der Waals surface area contributed by atoms with Crippen LogP contribution >= 0.6 is 0 Å². The van der Waals surface area contributed by atoms with Crippen LogP contribution < -0.4 is 0 Å². The van der Waals surface area contributed by atoms with Gasteiger partial charge in [0.2, 0.25) is 11.8 Å². The summed E-state index contributed by atoms with van der Waals surface area (Å²) in [5.74, 6) is 0.803. The molecule has 0 N–H and O–H groups in total. The Morgan fingerprint density at radius 2 is 1.24 bits per heavy atom. The number of fused-ring (bicyclic) bond motifs is 2. The van der Waals surface area contributed by atoms with Crippen LogP contribution in [0.2, 0.25) is 0 Å². The quantitative estimate of drug-likeness (QED) is 0.659. The summed E-state index contributed by atoms with van der Waals surface area (Å²) in [6.45, 7) is 9.99. The molecule has 0 aromatic rings. The van der Waals surface area contributed by atoms with Crippen molar-refractivity contribution in [2.24, 2.45) is 11.8 Å². The molecule has 0 atom stereocenters. The van der Waals surface area contributed by atoms with Gasteiger partial charge in [0.05, 0.1) is 0 Å². The average Bonchev–Trinajstić information content (AvgIpc) is 2.35. The van der Waals surface area contributed by atoms with E-state index < -0.39 is 0 Å². The second-order valence-corrected chi connectivity index (χ2v) is 4.86. The molecule has 0 unspecified atom stereocenters. The minimum absolute atomic E-state index is 0.00296. The highest BCUT2D eigenvalue weighted by Crippen LogP contribution is 2.28. The Morgan fingerprint density at radius 1 is 0.882 bits per heavy atom. The molecular formula is C13H18N2O2. The largest absolute Gasteiger partial charge is 0.338 e. The Labute approximate surface area is 102 Å². The van der Waals surface area contributed by atoms with Gasteiger partial charge in [0.1, 0.15) is 0 Å². The fraction of sp³-hybridized carbons (Fsp3) is 0.538. The molecule has 2 aliphatic heterocycles. The predicted octanol–water partition coefficient (Wildman–Crippen LogP) is 0.665. The number of carbonyl (C=O) groups is 2. The van der Waals surface area contributed by atoms with E-state index in [1.54, 1.807) is 0 Å². The van der Waals surface area contributed by atoms with E-state index in [1.165, 1.54) is 12.2 Å². The first-order chi connectivity index (χ1) is 8.13. The molecule has 17 heavy (non-hydrogen) atoms. The van der Waals surface area contributed by atoms with Crippen LogP contribution in [0.3, 0.4) is 0 Å². The summed E-state index contributed by atoms with van der Waals surface area (Å²) in [7, 11) is 0. The number of likely N-dealkylation sites (tertiary alicyclic amines) is 2. The Balaban J connectivity index is 2.02. The number of amides is 2. The van der Waals surface area contributed by atoms with Crippen molar-refractivity contribution in [1.29, 1.82) is 0 Å². The predicted molar refractivity (Wildman–Crippen MR) is 65.2 cm³/mol. The fourth-order valence-corrected chi connectivity index (χ4v) is 2.90. The van der Waals surface area contributed by atoms with Gasteiger partial charge >= 0.3 is 0 Å². The Bertz CT molecular complexity index is 318. The van der Waals surface area contributed by atoms with Gasteiger partial charge in [-0.1, -0.05) is 13.2 Å². The third-order valence-electron chi connectivity index (χ3n) is 3.55. The van der Waals surface area contributed by atoms with Crippen LogP contribution in [-0.2, 0) is 9.59 Å². The highest BCUT2D eigenvalue weighted by molar-refractivity contribution is 5.88. The molecule has 2 heterocycles. The van der Waals surface area contributed by atoms with Crippen molar-refractivity contribution in [3.8, 4) is 0 Å². The van der Waals surface area contributed by atoms with Crippen LogP contribution in [-0.4, -0.2) is 47.8 Å². The molecule has 0 aliphatic carbocycles. The Kier molecular flexibility index (Phi) is 3.31. The minimum Gasteiger partial charge on any atom is -0.338 e. The first-order valence-electron chi connectivity index (χ1n) is 5.96. The van der Waals surface area contributed by atoms with Crippen molar-refractivity contribution >= 4 is 11.8 Å². The van der Waals surface area contributed by atoms with Gasteiger partial charge in [0.15, 0.2) is 0 Å². The maximum absolute atomic E-state index is 11.6. The van der Waals surface area contributed by atoms with E-state index in [2.05, 4.69) is 13.2 Å². The molecular weight excluding hydrogens is 216 g/mol. The van der Waals surface area contributed by atoms with E-state index in [1.807, 2.05) is 9.80 Å². The Hall–Kier alpha value is -1.58. The molecule has 92 valence electrons. The lowest BCUT2D eigenvalue weighted by Gasteiger charge is -2.45. The molecule has 4 heteroatoms. The minimum atomic E-state index is 0.00296. The van der Waals surface area contributed by atoms with Crippen LogP contribution in [0.25, 0.3) is 0 Å². The number of rotatable bonds is 2. The summed E-state index contributed by atoms with van der Waals surface area (Å²) in [4.78, 5) is 26.9. The molecule has 2 amide bonds.